The van der Waals surface area contributed by atoms with E-state index in [9.17, 15) is 4.79 Å². The molecule has 0 aliphatic carbocycles. The molecule has 2 rings (SSSR count). The third kappa shape index (κ3) is 5.57. The quantitative estimate of drug-likeness (QED) is 0.717. The van der Waals surface area contributed by atoms with Crippen molar-refractivity contribution in [3.8, 4) is 11.5 Å². The van der Waals surface area contributed by atoms with E-state index in [2.05, 4.69) is 23.6 Å². The van der Waals surface area contributed by atoms with Crippen molar-refractivity contribution < 1.29 is 14.3 Å². The van der Waals surface area contributed by atoms with Crippen LogP contribution in [-0.2, 0) is 6.42 Å². The van der Waals surface area contributed by atoms with Gasteiger partial charge in [0.1, 0.15) is 18.1 Å². The van der Waals surface area contributed by atoms with Crippen LogP contribution in [0.2, 0.25) is 5.02 Å². The van der Waals surface area contributed by atoms with E-state index >= 15 is 0 Å². The average molecular weight is 363 g/mol. The Morgan fingerprint density at radius 2 is 2.04 bits per heavy atom. The van der Waals surface area contributed by atoms with E-state index in [1.807, 2.05) is 25.1 Å². The lowest BCUT2D eigenvalue weighted by Crippen LogP contribution is -2.32. The smallest absolute Gasteiger partial charge is 0.319 e. The highest BCUT2D eigenvalue weighted by atomic mass is 35.5. The Hall–Kier alpha value is -2.40. The molecular formula is C19H23ClN2O3. The predicted molar refractivity (Wildman–Crippen MR) is 101 cm³/mol. The van der Waals surface area contributed by atoms with Crippen LogP contribution >= 0.6 is 11.6 Å². The van der Waals surface area contributed by atoms with Crippen LogP contribution in [0.3, 0.4) is 0 Å². The van der Waals surface area contributed by atoms with Gasteiger partial charge in [-0.15, -0.1) is 0 Å². The Kier molecular flexibility index (Phi) is 6.95. The first-order valence-electron chi connectivity index (χ1n) is 8.14. The molecule has 2 aromatic carbocycles. The summed E-state index contributed by atoms with van der Waals surface area (Å²) < 4.78 is 10.9. The summed E-state index contributed by atoms with van der Waals surface area (Å²) in [5.41, 5.74) is 2.64. The fraction of sp³-hybridized carbons (Fsp3) is 0.316. The molecule has 0 bridgehead atoms. The molecule has 6 heteroatoms. The first-order chi connectivity index (χ1) is 12.0. The molecule has 0 radical (unpaired) electrons. The second kappa shape index (κ2) is 9.18. The maximum atomic E-state index is 12.0. The summed E-state index contributed by atoms with van der Waals surface area (Å²) in [4.78, 5) is 12.0. The number of rotatable bonds is 7. The lowest BCUT2D eigenvalue weighted by molar-refractivity contribution is 0.247. The summed E-state index contributed by atoms with van der Waals surface area (Å²) in [7, 11) is 1.53. The van der Waals surface area contributed by atoms with Gasteiger partial charge >= 0.3 is 6.03 Å². The molecule has 0 atom stereocenters. The number of nitrogens with one attached hydrogen (secondary N) is 2. The predicted octanol–water partition coefficient (Wildman–Crippen LogP) is 4.42. The minimum absolute atomic E-state index is 0.328. The van der Waals surface area contributed by atoms with Gasteiger partial charge in [-0.2, -0.15) is 0 Å². The molecule has 0 aliphatic rings. The van der Waals surface area contributed by atoms with Crippen molar-refractivity contribution in [2.75, 3.05) is 25.6 Å². The van der Waals surface area contributed by atoms with Gasteiger partial charge < -0.3 is 20.1 Å². The number of carbonyl (C=O) groups excluding carboxylic acids is 1. The molecule has 0 unspecified atom stereocenters. The van der Waals surface area contributed by atoms with Crippen LogP contribution in [-0.4, -0.2) is 26.3 Å². The molecule has 5 nitrogen and oxygen atoms in total. The molecule has 2 N–H and O–H groups in total. The van der Waals surface area contributed by atoms with Gasteiger partial charge in [0.05, 0.1) is 19.3 Å². The lowest BCUT2D eigenvalue weighted by Gasteiger charge is -2.13. The zero-order chi connectivity index (χ0) is 18.2. The van der Waals surface area contributed by atoms with E-state index in [1.165, 1.54) is 12.7 Å². The molecule has 2 aromatic rings. The fourth-order valence-electron chi connectivity index (χ4n) is 2.28. The number of hydrogen-bond donors (Lipinski definition) is 2. The van der Waals surface area contributed by atoms with Gasteiger partial charge in [0.15, 0.2) is 0 Å². The summed E-state index contributed by atoms with van der Waals surface area (Å²) in [6.07, 6.45) is 0.959. The van der Waals surface area contributed by atoms with Crippen LogP contribution < -0.4 is 20.1 Å². The Balaban J connectivity index is 1.82. The minimum Gasteiger partial charge on any atom is -0.495 e. The number of urea groups is 1. The molecule has 0 aliphatic heterocycles. The molecule has 134 valence electrons. The number of halogens is 1. The van der Waals surface area contributed by atoms with Crippen LogP contribution in [0.1, 0.15) is 18.1 Å². The van der Waals surface area contributed by atoms with Crippen LogP contribution in [0, 0.1) is 6.92 Å². The Labute approximate surface area is 153 Å². The van der Waals surface area contributed by atoms with Crippen molar-refractivity contribution in [2.24, 2.45) is 0 Å². The number of hydrogen-bond acceptors (Lipinski definition) is 3. The van der Waals surface area contributed by atoms with Crippen molar-refractivity contribution >= 4 is 23.3 Å². The van der Waals surface area contributed by atoms with Crippen LogP contribution in [0.15, 0.2) is 36.4 Å². The highest BCUT2D eigenvalue weighted by Gasteiger charge is 2.10. The van der Waals surface area contributed by atoms with Gasteiger partial charge in [-0.05, 0) is 42.7 Å². The first kappa shape index (κ1) is 18.9. The van der Waals surface area contributed by atoms with Gasteiger partial charge in [-0.25, -0.2) is 4.79 Å². The summed E-state index contributed by atoms with van der Waals surface area (Å²) >= 11 is 6.06. The molecule has 0 aromatic heterocycles. The zero-order valence-electron chi connectivity index (χ0n) is 14.7. The highest BCUT2D eigenvalue weighted by Crippen LogP contribution is 2.30. The molecule has 0 saturated heterocycles. The number of carbonyl (C=O) groups is 1. The Bertz CT molecular complexity index is 735. The number of ether oxygens (including phenoxy) is 2. The maximum Gasteiger partial charge on any atom is 0.319 e. The summed E-state index contributed by atoms with van der Waals surface area (Å²) in [5, 5.41) is 6.10. The summed E-state index contributed by atoms with van der Waals surface area (Å²) in [6.45, 7) is 4.73. The van der Waals surface area contributed by atoms with Crippen molar-refractivity contribution in [1.82, 2.24) is 5.32 Å². The van der Waals surface area contributed by atoms with Gasteiger partial charge in [0.2, 0.25) is 0 Å². The number of anilines is 1. The van der Waals surface area contributed by atoms with E-state index in [4.69, 9.17) is 21.1 Å². The Morgan fingerprint density at radius 1 is 1.24 bits per heavy atom. The number of amides is 2. The van der Waals surface area contributed by atoms with E-state index in [-0.39, 0.29) is 6.03 Å². The fourth-order valence-corrected chi connectivity index (χ4v) is 2.44. The first-order valence-corrected chi connectivity index (χ1v) is 8.52. The molecule has 0 heterocycles. The molecular weight excluding hydrogens is 340 g/mol. The third-order valence-electron chi connectivity index (χ3n) is 3.69. The monoisotopic (exact) mass is 362 g/mol. The standard InChI is InChI=1S/C19H23ClN2O3/c1-4-14-6-5-7-15(11-14)25-9-8-21-19(23)22-17-10-13(2)16(20)12-18(17)24-3/h5-7,10-12H,4,8-9H2,1-3H3,(H2,21,22,23). The van der Waals surface area contributed by atoms with Crippen LogP contribution in [0.4, 0.5) is 10.5 Å². The largest absolute Gasteiger partial charge is 0.495 e. The second-order valence-electron chi connectivity index (χ2n) is 5.53. The topological polar surface area (TPSA) is 59.6 Å². The van der Waals surface area contributed by atoms with Crippen LogP contribution in [0.25, 0.3) is 0 Å². The molecule has 0 fully saturated rings. The summed E-state index contributed by atoms with van der Waals surface area (Å²) in [5.74, 6) is 1.31. The average Bonchev–Trinajstić information content (AvgIpc) is 2.61. The lowest BCUT2D eigenvalue weighted by atomic mass is 10.2. The van der Waals surface area contributed by atoms with Crippen molar-refractivity contribution in [3.05, 3.63) is 52.5 Å². The van der Waals surface area contributed by atoms with Gasteiger partial charge in [0.25, 0.3) is 0 Å². The van der Waals surface area contributed by atoms with Crippen LogP contribution in [0.5, 0.6) is 11.5 Å². The second-order valence-corrected chi connectivity index (χ2v) is 5.94. The number of methoxy groups -OCH3 is 1. The maximum absolute atomic E-state index is 12.0. The molecule has 0 spiro atoms. The van der Waals surface area contributed by atoms with Gasteiger partial charge in [-0.1, -0.05) is 30.7 Å². The molecule has 0 saturated carbocycles. The molecule has 2 amide bonds. The SMILES string of the molecule is CCc1cccc(OCCNC(=O)Nc2cc(C)c(Cl)cc2OC)c1. The highest BCUT2D eigenvalue weighted by molar-refractivity contribution is 6.31. The normalized spacial score (nSPS) is 10.2. The zero-order valence-corrected chi connectivity index (χ0v) is 15.4. The van der Waals surface area contributed by atoms with Gasteiger partial charge in [-0.3, -0.25) is 0 Å². The van der Waals surface area contributed by atoms with E-state index in [0.717, 1.165) is 17.7 Å². The number of aryl methyl sites for hydroxylation is 2. The van der Waals surface area contributed by atoms with Crippen molar-refractivity contribution in [2.45, 2.75) is 20.3 Å². The van der Waals surface area contributed by atoms with E-state index in [0.29, 0.717) is 29.6 Å². The molecule has 25 heavy (non-hydrogen) atoms. The van der Waals surface area contributed by atoms with Crippen molar-refractivity contribution in [3.63, 3.8) is 0 Å². The minimum atomic E-state index is -0.328. The van der Waals surface area contributed by atoms with Gasteiger partial charge in [0, 0.05) is 11.1 Å². The summed E-state index contributed by atoms with van der Waals surface area (Å²) in [6, 6.07) is 11.0. The Morgan fingerprint density at radius 3 is 2.76 bits per heavy atom. The van der Waals surface area contributed by atoms with E-state index < -0.39 is 0 Å². The third-order valence-corrected chi connectivity index (χ3v) is 4.10. The van der Waals surface area contributed by atoms with Crippen molar-refractivity contribution in [1.29, 1.82) is 0 Å². The van der Waals surface area contributed by atoms with E-state index in [1.54, 1.807) is 12.1 Å². The number of benzene rings is 2.